The van der Waals surface area contributed by atoms with Crippen LogP contribution >= 0.6 is 11.8 Å². The fourth-order valence-corrected chi connectivity index (χ4v) is 4.61. The number of aromatic nitrogens is 3. The Morgan fingerprint density at radius 1 is 1.17 bits per heavy atom. The summed E-state index contributed by atoms with van der Waals surface area (Å²) in [6.45, 7) is 6.23. The van der Waals surface area contributed by atoms with E-state index >= 15 is 0 Å². The van der Waals surface area contributed by atoms with Crippen LogP contribution in [0.2, 0.25) is 0 Å². The Labute approximate surface area is 213 Å². The minimum absolute atomic E-state index is 0.0527. The molecule has 1 aliphatic rings. The zero-order valence-corrected chi connectivity index (χ0v) is 21.5. The Hall–Kier alpha value is -3.53. The number of rotatable bonds is 10. The number of hydrogen-bond acceptors (Lipinski definition) is 8. The number of methoxy groups -OCH3 is 1. The third-order valence-corrected chi connectivity index (χ3v) is 6.64. The second-order valence-corrected chi connectivity index (χ2v) is 9.15. The molecule has 3 aromatic rings. The first-order valence-electron chi connectivity index (χ1n) is 11.7. The number of anilines is 1. The van der Waals surface area contributed by atoms with Crippen molar-refractivity contribution in [1.29, 1.82) is 0 Å². The summed E-state index contributed by atoms with van der Waals surface area (Å²) in [5.41, 5.74) is 2.25. The molecule has 0 aliphatic carbocycles. The van der Waals surface area contributed by atoms with Gasteiger partial charge in [0.1, 0.15) is 18.5 Å². The molecule has 36 heavy (non-hydrogen) atoms. The van der Waals surface area contributed by atoms with E-state index in [0.29, 0.717) is 46.0 Å². The number of esters is 1. The summed E-state index contributed by atoms with van der Waals surface area (Å²) >= 11 is 1.55. The average molecular weight is 513 g/mol. The average Bonchev–Trinajstić information content (AvgIpc) is 3.28. The second-order valence-electron chi connectivity index (χ2n) is 8.09. The number of carbonyl (C=O) groups is 1. The molecule has 0 bridgehead atoms. The topological polar surface area (TPSA) is 87.5 Å². The Bertz CT molecular complexity index is 1280. The molecule has 4 rings (SSSR count). The molecule has 0 spiro atoms. The van der Waals surface area contributed by atoms with Crippen LogP contribution in [0.1, 0.15) is 44.4 Å². The largest absolute Gasteiger partial charge is 0.490 e. The van der Waals surface area contributed by atoms with E-state index in [4.69, 9.17) is 14.2 Å². The summed E-state index contributed by atoms with van der Waals surface area (Å²) in [4.78, 5) is 17.4. The highest BCUT2D eigenvalue weighted by Gasteiger charge is 2.35. The molecule has 1 aliphatic heterocycles. The lowest BCUT2D eigenvalue weighted by atomic mass is 9.95. The summed E-state index contributed by atoms with van der Waals surface area (Å²) in [5.74, 6) is 1.58. The molecule has 0 radical (unpaired) electrons. The Morgan fingerprint density at radius 2 is 1.97 bits per heavy atom. The van der Waals surface area contributed by atoms with Crippen LogP contribution in [-0.2, 0) is 16.1 Å². The van der Waals surface area contributed by atoms with Crippen molar-refractivity contribution in [2.75, 3.05) is 24.8 Å². The summed E-state index contributed by atoms with van der Waals surface area (Å²) in [6.07, 6.45) is 0.988. The van der Waals surface area contributed by atoms with E-state index in [1.807, 2.05) is 26.0 Å². The molecule has 1 atom stereocenters. The third kappa shape index (κ3) is 5.33. The lowest BCUT2D eigenvalue weighted by Crippen LogP contribution is -2.29. The number of thioether (sulfide) groups is 1. The zero-order chi connectivity index (χ0) is 25.7. The van der Waals surface area contributed by atoms with Gasteiger partial charge in [0.05, 0.1) is 19.3 Å². The lowest BCUT2D eigenvalue weighted by Gasteiger charge is -2.28. The van der Waals surface area contributed by atoms with Crippen molar-refractivity contribution in [2.45, 2.75) is 45.0 Å². The molecule has 1 N–H and O–H groups in total. The number of ether oxygens (including phenoxy) is 3. The van der Waals surface area contributed by atoms with Gasteiger partial charge in [0.15, 0.2) is 11.5 Å². The number of hydrogen-bond donors (Lipinski definition) is 1. The number of fused-ring (bicyclic) bond motifs is 1. The highest BCUT2D eigenvalue weighted by atomic mass is 32.2. The van der Waals surface area contributed by atoms with Gasteiger partial charge >= 0.3 is 5.97 Å². The number of nitrogens with one attached hydrogen (secondary N) is 1. The maximum atomic E-state index is 14.1. The van der Waals surface area contributed by atoms with E-state index in [1.54, 1.807) is 40.7 Å². The SMILES string of the molecule is CCCSc1nc2n(n1)C(c1ccc(OCc3ccccc3F)c(OCC)c1)C(C(=O)OC)=C(C)N2. The minimum Gasteiger partial charge on any atom is -0.490 e. The standard InChI is InChI=1S/C26H29FN4O4S/c1-5-13-36-26-29-25-28-16(3)22(24(32)33-4)23(31(25)30-26)17-11-12-20(21(14-17)34-6-2)35-15-18-9-7-8-10-19(18)27/h7-12,14,23H,5-6,13,15H2,1-4H3,(H,28,29,30). The van der Waals surface area contributed by atoms with Crippen molar-refractivity contribution >= 4 is 23.7 Å². The van der Waals surface area contributed by atoms with Gasteiger partial charge in [-0.1, -0.05) is 43.0 Å². The van der Waals surface area contributed by atoms with E-state index in [9.17, 15) is 9.18 Å². The molecule has 0 amide bonds. The maximum absolute atomic E-state index is 14.1. The van der Waals surface area contributed by atoms with Crippen LogP contribution < -0.4 is 14.8 Å². The molecule has 0 saturated carbocycles. The Morgan fingerprint density at radius 3 is 2.69 bits per heavy atom. The number of carbonyl (C=O) groups excluding carboxylic acids is 1. The van der Waals surface area contributed by atoms with Crippen LogP contribution in [-0.4, -0.2) is 40.2 Å². The number of allylic oxidation sites excluding steroid dienone is 1. The fraction of sp³-hybridized carbons (Fsp3) is 0.346. The van der Waals surface area contributed by atoms with Gasteiger partial charge in [0.25, 0.3) is 0 Å². The fourth-order valence-electron chi connectivity index (χ4n) is 3.92. The van der Waals surface area contributed by atoms with Crippen LogP contribution in [0.5, 0.6) is 11.5 Å². The van der Waals surface area contributed by atoms with Crippen molar-refractivity contribution in [3.63, 3.8) is 0 Å². The molecule has 1 unspecified atom stereocenters. The molecular formula is C26H29FN4O4S. The van der Waals surface area contributed by atoms with E-state index < -0.39 is 12.0 Å². The summed E-state index contributed by atoms with van der Waals surface area (Å²) in [7, 11) is 1.35. The molecule has 190 valence electrons. The highest BCUT2D eigenvalue weighted by Crippen LogP contribution is 2.40. The summed E-state index contributed by atoms with van der Waals surface area (Å²) < 4.78 is 32.7. The lowest BCUT2D eigenvalue weighted by molar-refractivity contribution is -0.136. The smallest absolute Gasteiger partial charge is 0.338 e. The van der Waals surface area contributed by atoms with Crippen molar-refractivity contribution < 1.29 is 23.4 Å². The van der Waals surface area contributed by atoms with Crippen LogP contribution in [0.3, 0.4) is 0 Å². The molecular weight excluding hydrogens is 483 g/mol. The molecule has 0 saturated heterocycles. The molecule has 2 aromatic carbocycles. The van der Waals surface area contributed by atoms with Gasteiger partial charge < -0.3 is 19.5 Å². The number of benzene rings is 2. The van der Waals surface area contributed by atoms with Crippen LogP contribution in [0.4, 0.5) is 10.3 Å². The van der Waals surface area contributed by atoms with Gasteiger partial charge in [-0.25, -0.2) is 13.9 Å². The molecule has 10 heteroatoms. The molecule has 2 heterocycles. The van der Waals surface area contributed by atoms with Crippen molar-refractivity contribution in [3.05, 3.63) is 70.7 Å². The molecule has 8 nitrogen and oxygen atoms in total. The van der Waals surface area contributed by atoms with Crippen molar-refractivity contribution in [2.24, 2.45) is 0 Å². The maximum Gasteiger partial charge on any atom is 0.338 e. The van der Waals surface area contributed by atoms with Gasteiger partial charge in [-0.15, -0.1) is 5.10 Å². The number of nitrogens with zero attached hydrogens (tertiary/aromatic N) is 3. The first-order chi connectivity index (χ1) is 17.5. The first-order valence-corrected chi connectivity index (χ1v) is 12.7. The minimum atomic E-state index is -0.586. The Kier molecular flexibility index (Phi) is 8.14. The summed E-state index contributed by atoms with van der Waals surface area (Å²) in [6, 6.07) is 11.3. The molecule has 1 aromatic heterocycles. The van der Waals surface area contributed by atoms with Gasteiger partial charge in [-0.2, -0.15) is 4.98 Å². The van der Waals surface area contributed by atoms with Crippen LogP contribution in [0, 0.1) is 5.82 Å². The van der Waals surface area contributed by atoms with E-state index in [1.165, 1.54) is 13.2 Å². The quantitative estimate of drug-likeness (QED) is 0.287. The second kappa shape index (κ2) is 11.5. The first kappa shape index (κ1) is 25.6. The third-order valence-electron chi connectivity index (χ3n) is 5.60. The van der Waals surface area contributed by atoms with E-state index in [2.05, 4.69) is 22.3 Å². The van der Waals surface area contributed by atoms with Crippen molar-refractivity contribution in [1.82, 2.24) is 14.8 Å². The van der Waals surface area contributed by atoms with Gasteiger partial charge in [0.2, 0.25) is 11.1 Å². The predicted octanol–water partition coefficient (Wildman–Crippen LogP) is 5.36. The zero-order valence-electron chi connectivity index (χ0n) is 20.7. The van der Waals surface area contributed by atoms with Crippen LogP contribution in [0.15, 0.2) is 58.9 Å². The van der Waals surface area contributed by atoms with E-state index in [-0.39, 0.29) is 12.4 Å². The normalized spacial score (nSPS) is 14.8. The number of halogens is 1. The molecule has 0 fully saturated rings. The highest BCUT2D eigenvalue weighted by molar-refractivity contribution is 7.99. The van der Waals surface area contributed by atoms with E-state index in [0.717, 1.165) is 17.7 Å². The van der Waals surface area contributed by atoms with Gasteiger partial charge in [0, 0.05) is 17.0 Å². The van der Waals surface area contributed by atoms with Gasteiger partial charge in [-0.05, 0) is 44.0 Å². The monoisotopic (exact) mass is 512 g/mol. The summed E-state index contributed by atoms with van der Waals surface area (Å²) in [5, 5.41) is 8.48. The predicted molar refractivity (Wildman–Crippen MR) is 136 cm³/mol. The van der Waals surface area contributed by atoms with Crippen LogP contribution in [0.25, 0.3) is 0 Å². The van der Waals surface area contributed by atoms with Gasteiger partial charge in [-0.3, -0.25) is 0 Å². The van der Waals surface area contributed by atoms with Crippen molar-refractivity contribution in [3.8, 4) is 11.5 Å². The Balaban J connectivity index is 1.73.